The van der Waals surface area contributed by atoms with Gasteiger partial charge in [0.15, 0.2) is 0 Å². The van der Waals surface area contributed by atoms with E-state index in [4.69, 9.17) is 9.47 Å². The van der Waals surface area contributed by atoms with Crippen molar-refractivity contribution in [3.63, 3.8) is 0 Å². The van der Waals surface area contributed by atoms with Crippen LogP contribution in [-0.2, 0) is 25.7 Å². The number of benzene rings is 2. The van der Waals surface area contributed by atoms with Crippen LogP contribution in [0.5, 0.6) is 5.75 Å². The lowest BCUT2D eigenvalue weighted by Gasteiger charge is -2.27. The van der Waals surface area contributed by atoms with Crippen LogP contribution in [0.2, 0.25) is 0 Å². The molecule has 9 heteroatoms. The number of urea groups is 1. The van der Waals surface area contributed by atoms with Crippen LogP contribution >= 0.6 is 0 Å². The van der Waals surface area contributed by atoms with Crippen LogP contribution in [0.4, 0.5) is 10.5 Å². The van der Waals surface area contributed by atoms with Gasteiger partial charge in [0.05, 0.1) is 18.9 Å². The number of hydrogen-bond donors (Lipinski definition) is 1. The molecule has 1 saturated heterocycles. The van der Waals surface area contributed by atoms with Gasteiger partial charge in [-0.25, -0.2) is 9.69 Å². The molecule has 0 spiro atoms. The third-order valence-electron chi connectivity index (χ3n) is 5.23. The second-order valence-electron chi connectivity index (χ2n) is 7.39. The lowest BCUT2D eigenvalue weighted by atomic mass is 10.1. The SMILES string of the molecule is CCOC(=O)Cn1cc(/C=C2\C(=O)NC(=O)N(c3ccccc3OCC)C2=O)c2ccccc21. The predicted molar refractivity (Wildman–Crippen MR) is 125 cm³/mol. The number of fused-ring (bicyclic) bond motifs is 1. The Kier molecular flexibility index (Phi) is 6.44. The summed E-state index contributed by atoms with van der Waals surface area (Å²) < 4.78 is 12.3. The first-order valence-corrected chi connectivity index (χ1v) is 10.8. The fourth-order valence-corrected chi connectivity index (χ4v) is 3.82. The number of imide groups is 2. The van der Waals surface area contributed by atoms with Crippen LogP contribution in [0.1, 0.15) is 19.4 Å². The minimum Gasteiger partial charge on any atom is -0.492 e. The van der Waals surface area contributed by atoms with E-state index in [2.05, 4.69) is 5.32 Å². The first-order valence-electron chi connectivity index (χ1n) is 10.8. The molecule has 2 heterocycles. The topological polar surface area (TPSA) is 107 Å². The maximum absolute atomic E-state index is 13.4. The Morgan fingerprint density at radius 1 is 1.00 bits per heavy atom. The zero-order valence-corrected chi connectivity index (χ0v) is 18.7. The highest BCUT2D eigenvalue weighted by molar-refractivity contribution is 6.39. The third-order valence-corrected chi connectivity index (χ3v) is 5.23. The molecular formula is C25H23N3O6. The van der Waals surface area contributed by atoms with Gasteiger partial charge in [0, 0.05) is 22.7 Å². The maximum atomic E-state index is 13.4. The first kappa shape index (κ1) is 22.8. The van der Waals surface area contributed by atoms with Gasteiger partial charge in [0.2, 0.25) is 0 Å². The van der Waals surface area contributed by atoms with Gasteiger partial charge in [0.25, 0.3) is 11.8 Å². The number of amides is 4. The van der Waals surface area contributed by atoms with Gasteiger partial charge < -0.3 is 14.0 Å². The molecule has 174 valence electrons. The fourth-order valence-electron chi connectivity index (χ4n) is 3.82. The molecular weight excluding hydrogens is 438 g/mol. The number of nitrogens with one attached hydrogen (secondary N) is 1. The average molecular weight is 461 g/mol. The molecule has 4 amide bonds. The number of anilines is 1. The van der Waals surface area contributed by atoms with Crippen LogP contribution in [0.25, 0.3) is 17.0 Å². The Hall–Kier alpha value is -4.40. The monoisotopic (exact) mass is 461 g/mol. The molecule has 0 saturated carbocycles. The highest BCUT2D eigenvalue weighted by atomic mass is 16.5. The molecule has 4 rings (SSSR count). The van der Waals surface area contributed by atoms with Crippen molar-refractivity contribution in [2.75, 3.05) is 18.1 Å². The summed E-state index contributed by atoms with van der Waals surface area (Å²) in [5, 5.41) is 2.96. The zero-order chi connectivity index (χ0) is 24.2. The molecule has 0 aliphatic carbocycles. The number of nitrogens with zero attached hydrogens (tertiary/aromatic N) is 2. The predicted octanol–water partition coefficient (Wildman–Crippen LogP) is 3.27. The normalized spacial score (nSPS) is 15.1. The Morgan fingerprint density at radius 3 is 2.50 bits per heavy atom. The van der Waals surface area contributed by atoms with Gasteiger partial charge in [-0.15, -0.1) is 0 Å². The van der Waals surface area contributed by atoms with Gasteiger partial charge in [-0.05, 0) is 38.1 Å². The Bertz CT molecular complexity index is 1320. The van der Waals surface area contributed by atoms with Crippen molar-refractivity contribution in [3.8, 4) is 5.75 Å². The van der Waals surface area contributed by atoms with E-state index in [0.29, 0.717) is 17.9 Å². The minimum absolute atomic E-state index is 0.0238. The van der Waals surface area contributed by atoms with Crippen LogP contribution in [0.15, 0.2) is 60.3 Å². The molecule has 2 aromatic carbocycles. The molecule has 34 heavy (non-hydrogen) atoms. The van der Waals surface area contributed by atoms with E-state index in [1.54, 1.807) is 48.9 Å². The van der Waals surface area contributed by atoms with Crippen LogP contribution in [0, 0.1) is 0 Å². The van der Waals surface area contributed by atoms with Crippen molar-refractivity contribution in [1.29, 1.82) is 0 Å². The lowest BCUT2D eigenvalue weighted by Crippen LogP contribution is -2.54. The van der Waals surface area contributed by atoms with Gasteiger partial charge in [-0.3, -0.25) is 19.7 Å². The molecule has 3 aromatic rings. The molecule has 1 aliphatic heterocycles. The minimum atomic E-state index is -0.857. The van der Waals surface area contributed by atoms with Gasteiger partial charge in [-0.1, -0.05) is 30.3 Å². The summed E-state index contributed by atoms with van der Waals surface area (Å²) in [6.07, 6.45) is 3.09. The molecule has 1 aromatic heterocycles. The molecule has 0 unspecified atom stereocenters. The van der Waals surface area contributed by atoms with Crippen molar-refractivity contribution in [3.05, 3.63) is 65.9 Å². The van der Waals surface area contributed by atoms with E-state index in [0.717, 1.165) is 15.8 Å². The van der Waals surface area contributed by atoms with E-state index in [1.807, 2.05) is 24.3 Å². The number of esters is 1. The van der Waals surface area contributed by atoms with E-state index < -0.39 is 23.8 Å². The number of carbonyl (C=O) groups is 4. The van der Waals surface area contributed by atoms with Crippen molar-refractivity contribution >= 4 is 46.5 Å². The highest BCUT2D eigenvalue weighted by Gasteiger charge is 2.38. The van der Waals surface area contributed by atoms with Gasteiger partial charge >= 0.3 is 12.0 Å². The standard InChI is InChI=1S/C25H23N3O6/c1-3-33-21-12-8-7-11-20(21)28-24(31)18(23(30)26-25(28)32)13-16-14-27(15-22(29)34-4-2)19-10-6-5-9-17(16)19/h5-14H,3-4,15H2,1-2H3,(H,26,30,32)/b18-13+. The number of rotatable bonds is 7. The first-order chi connectivity index (χ1) is 16.4. The Balaban J connectivity index is 1.77. The molecule has 9 nitrogen and oxygen atoms in total. The molecule has 1 N–H and O–H groups in total. The molecule has 0 radical (unpaired) electrons. The summed E-state index contributed by atoms with van der Waals surface area (Å²) in [4.78, 5) is 51.5. The summed E-state index contributed by atoms with van der Waals surface area (Å²) >= 11 is 0. The zero-order valence-electron chi connectivity index (χ0n) is 18.7. The molecule has 0 bridgehead atoms. The largest absolute Gasteiger partial charge is 0.492 e. The lowest BCUT2D eigenvalue weighted by molar-refractivity contribution is -0.143. The van der Waals surface area contributed by atoms with Crippen LogP contribution in [-0.4, -0.2) is 41.6 Å². The Morgan fingerprint density at radius 2 is 1.74 bits per heavy atom. The third kappa shape index (κ3) is 4.27. The molecule has 1 fully saturated rings. The second-order valence-corrected chi connectivity index (χ2v) is 7.39. The number of barbiturate groups is 1. The van der Waals surface area contributed by atoms with E-state index in [1.165, 1.54) is 6.08 Å². The average Bonchev–Trinajstić information content (AvgIpc) is 3.15. The molecule has 0 atom stereocenters. The van der Waals surface area contributed by atoms with Crippen molar-refractivity contribution < 1.29 is 28.7 Å². The number of ether oxygens (including phenoxy) is 2. The summed E-state index contributed by atoms with van der Waals surface area (Å²) in [7, 11) is 0. The van der Waals surface area contributed by atoms with Crippen molar-refractivity contribution in [1.82, 2.24) is 9.88 Å². The second kappa shape index (κ2) is 9.62. The smallest absolute Gasteiger partial charge is 0.336 e. The molecule has 1 aliphatic rings. The maximum Gasteiger partial charge on any atom is 0.336 e. The highest BCUT2D eigenvalue weighted by Crippen LogP contribution is 2.32. The quantitative estimate of drug-likeness (QED) is 0.329. The van der Waals surface area contributed by atoms with Crippen LogP contribution in [0.3, 0.4) is 0 Å². The van der Waals surface area contributed by atoms with Gasteiger partial charge in [0.1, 0.15) is 17.9 Å². The van der Waals surface area contributed by atoms with Crippen molar-refractivity contribution in [2.24, 2.45) is 0 Å². The van der Waals surface area contributed by atoms with E-state index >= 15 is 0 Å². The summed E-state index contributed by atoms with van der Waals surface area (Å²) in [5.41, 5.74) is 1.30. The summed E-state index contributed by atoms with van der Waals surface area (Å²) in [5.74, 6) is -1.64. The van der Waals surface area contributed by atoms with E-state index in [9.17, 15) is 19.2 Å². The van der Waals surface area contributed by atoms with Gasteiger partial charge in [-0.2, -0.15) is 0 Å². The Labute approximate surface area is 195 Å². The number of aromatic nitrogens is 1. The van der Waals surface area contributed by atoms with Crippen LogP contribution < -0.4 is 15.0 Å². The van der Waals surface area contributed by atoms with Crippen molar-refractivity contribution in [2.45, 2.75) is 20.4 Å². The number of carbonyl (C=O) groups excluding carboxylic acids is 4. The number of hydrogen-bond acceptors (Lipinski definition) is 6. The summed E-state index contributed by atoms with van der Waals surface area (Å²) in [6, 6.07) is 13.0. The summed E-state index contributed by atoms with van der Waals surface area (Å²) in [6.45, 7) is 4.09. The number of para-hydroxylation sites is 3. The van der Waals surface area contributed by atoms with E-state index in [-0.39, 0.29) is 24.4 Å². The fraction of sp³-hybridized carbons (Fsp3) is 0.200.